The van der Waals surface area contributed by atoms with E-state index in [-0.39, 0.29) is 0 Å². The molecule has 0 unspecified atom stereocenters. The molecule has 0 radical (unpaired) electrons. The number of methoxy groups -OCH3 is 1. The van der Waals surface area contributed by atoms with Crippen molar-refractivity contribution >= 4 is 28.9 Å². The van der Waals surface area contributed by atoms with Gasteiger partial charge in [-0.1, -0.05) is 23.4 Å². The Hall–Kier alpha value is -2.74. The smallest absolute Gasteiger partial charge is 0.438 e. The first-order valence-electron chi connectivity index (χ1n) is 8.25. The Morgan fingerprint density at radius 2 is 1.81 bits per heavy atom. The van der Waals surface area contributed by atoms with Gasteiger partial charge in [0, 0.05) is 11.5 Å². The molecule has 0 spiro atoms. The lowest BCUT2D eigenvalue weighted by Gasteiger charge is -2.20. The first-order valence-corrected chi connectivity index (χ1v) is 8.25. The van der Waals surface area contributed by atoms with Gasteiger partial charge in [-0.15, -0.1) is 0 Å². The summed E-state index contributed by atoms with van der Waals surface area (Å²) in [5.74, 6) is 0.367. The largest absolute Gasteiger partial charge is 0.451 e. The van der Waals surface area contributed by atoms with Crippen LogP contribution in [-0.4, -0.2) is 44.6 Å². The molecule has 1 aromatic rings. The highest BCUT2D eigenvalue weighted by atomic mass is 16.7. The van der Waals surface area contributed by atoms with Crippen molar-refractivity contribution in [2.24, 2.45) is 21.3 Å². The number of carbonyl (C=O) groups is 1. The molecule has 1 fully saturated rings. The third-order valence-corrected chi connectivity index (χ3v) is 3.91. The number of hydrogen-bond acceptors (Lipinski definition) is 7. The van der Waals surface area contributed by atoms with E-state index in [0.29, 0.717) is 28.6 Å². The molecular formula is C18H24N4O4. The second-order valence-electron chi connectivity index (χ2n) is 5.77. The third kappa shape index (κ3) is 4.66. The quantitative estimate of drug-likeness (QED) is 0.551. The SMILES string of the molecule is CO/N=C(C)/C(=N/N=C(\C)c1ccccc1N(OC)C(=O)OC)C1CC1. The molecule has 0 saturated heterocycles. The Kier molecular flexibility index (Phi) is 6.85. The van der Waals surface area contributed by atoms with Crippen molar-refractivity contribution in [2.45, 2.75) is 26.7 Å². The lowest BCUT2D eigenvalue weighted by atomic mass is 10.1. The first-order chi connectivity index (χ1) is 12.5. The van der Waals surface area contributed by atoms with Crippen LogP contribution in [0.1, 0.15) is 32.3 Å². The van der Waals surface area contributed by atoms with Gasteiger partial charge in [-0.25, -0.2) is 4.79 Å². The summed E-state index contributed by atoms with van der Waals surface area (Å²) in [6.07, 6.45) is 1.51. The number of nitrogens with zero attached hydrogens (tertiary/aromatic N) is 4. The minimum atomic E-state index is -0.627. The van der Waals surface area contributed by atoms with E-state index < -0.39 is 6.09 Å². The molecule has 1 aliphatic carbocycles. The standard InChI is InChI=1S/C18H24N4O4/c1-12(19-20-17(14-10-11-14)13(2)21-25-4)15-8-6-7-9-16(15)22(26-5)18(23)24-3/h6-9,14H,10-11H2,1-5H3/b19-12+,20-17-,21-13+. The van der Waals surface area contributed by atoms with E-state index in [4.69, 9.17) is 14.4 Å². The summed E-state index contributed by atoms with van der Waals surface area (Å²) in [6.45, 7) is 3.67. The van der Waals surface area contributed by atoms with Crippen molar-refractivity contribution in [1.82, 2.24) is 0 Å². The van der Waals surface area contributed by atoms with E-state index in [1.807, 2.05) is 26.0 Å². The normalized spacial score (nSPS) is 15.7. The molecule has 8 heteroatoms. The number of ether oxygens (including phenoxy) is 1. The molecule has 140 valence electrons. The number of carbonyl (C=O) groups excluding carboxylic acids is 1. The van der Waals surface area contributed by atoms with Gasteiger partial charge in [0.2, 0.25) is 0 Å². The van der Waals surface area contributed by atoms with Crippen molar-refractivity contribution in [3.05, 3.63) is 29.8 Å². The summed E-state index contributed by atoms with van der Waals surface area (Å²) < 4.78 is 4.75. The van der Waals surface area contributed by atoms with E-state index in [1.54, 1.807) is 12.1 Å². The van der Waals surface area contributed by atoms with Gasteiger partial charge in [0.05, 0.1) is 31.3 Å². The second kappa shape index (κ2) is 9.10. The van der Waals surface area contributed by atoms with Crippen molar-refractivity contribution in [1.29, 1.82) is 0 Å². The summed E-state index contributed by atoms with van der Waals surface area (Å²) in [7, 11) is 4.20. The lowest BCUT2D eigenvalue weighted by Crippen LogP contribution is -2.30. The van der Waals surface area contributed by atoms with E-state index in [2.05, 4.69) is 15.4 Å². The van der Waals surface area contributed by atoms with Gasteiger partial charge in [-0.2, -0.15) is 15.3 Å². The van der Waals surface area contributed by atoms with Gasteiger partial charge in [-0.05, 0) is 32.8 Å². The van der Waals surface area contributed by atoms with Crippen molar-refractivity contribution < 1.29 is 19.2 Å². The fourth-order valence-electron chi connectivity index (χ4n) is 2.48. The molecule has 1 aromatic carbocycles. The van der Waals surface area contributed by atoms with E-state index >= 15 is 0 Å². The molecule has 0 N–H and O–H groups in total. The maximum atomic E-state index is 11.9. The molecule has 2 rings (SSSR count). The minimum Gasteiger partial charge on any atom is -0.451 e. The predicted molar refractivity (Wildman–Crippen MR) is 101 cm³/mol. The highest BCUT2D eigenvalue weighted by molar-refractivity contribution is 6.42. The highest BCUT2D eigenvalue weighted by Crippen LogP contribution is 2.31. The number of para-hydroxylation sites is 1. The summed E-state index contributed by atoms with van der Waals surface area (Å²) in [5.41, 5.74) is 3.40. The summed E-state index contributed by atoms with van der Waals surface area (Å²) in [5, 5.41) is 13.8. The van der Waals surface area contributed by atoms with Crippen LogP contribution in [0.5, 0.6) is 0 Å². The van der Waals surface area contributed by atoms with Crippen molar-refractivity contribution in [3.8, 4) is 0 Å². The van der Waals surface area contributed by atoms with Gasteiger partial charge in [0.1, 0.15) is 12.8 Å². The molecule has 0 aliphatic heterocycles. The topological polar surface area (TPSA) is 85.1 Å². The van der Waals surface area contributed by atoms with Crippen LogP contribution in [0, 0.1) is 5.92 Å². The Labute approximate surface area is 153 Å². The van der Waals surface area contributed by atoms with Gasteiger partial charge < -0.3 is 9.57 Å². The number of amides is 1. The fraction of sp³-hybridized carbons (Fsp3) is 0.444. The minimum absolute atomic E-state index is 0.367. The van der Waals surface area contributed by atoms with Gasteiger partial charge in [0.15, 0.2) is 0 Å². The zero-order valence-corrected chi connectivity index (χ0v) is 15.7. The number of hydroxylamine groups is 1. The molecule has 1 aliphatic rings. The van der Waals surface area contributed by atoms with E-state index in [9.17, 15) is 4.79 Å². The Morgan fingerprint density at radius 1 is 1.12 bits per heavy atom. The maximum absolute atomic E-state index is 11.9. The van der Waals surface area contributed by atoms with Crippen LogP contribution in [0.3, 0.4) is 0 Å². The zero-order chi connectivity index (χ0) is 19.1. The third-order valence-electron chi connectivity index (χ3n) is 3.91. The van der Waals surface area contributed by atoms with Gasteiger partial charge >= 0.3 is 6.09 Å². The molecule has 26 heavy (non-hydrogen) atoms. The number of rotatable bonds is 7. The van der Waals surface area contributed by atoms with Crippen molar-refractivity contribution in [2.75, 3.05) is 26.4 Å². The second-order valence-corrected chi connectivity index (χ2v) is 5.77. The number of benzene rings is 1. The molecule has 8 nitrogen and oxygen atoms in total. The molecule has 0 aromatic heterocycles. The van der Waals surface area contributed by atoms with E-state index in [1.165, 1.54) is 21.3 Å². The average molecular weight is 360 g/mol. The monoisotopic (exact) mass is 360 g/mol. The summed E-state index contributed by atoms with van der Waals surface area (Å²) >= 11 is 0. The van der Waals surface area contributed by atoms with Crippen LogP contribution in [0.2, 0.25) is 0 Å². The van der Waals surface area contributed by atoms with Gasteiger partial charge in [0.25, 0.3) is 0 Å². The molecule has 0 bridgehead atoms. The Balaban J connectivity index is 2.38. The predicted octanol–water partition coefficient (Wildman–Crippen LogP) is 3.42. The van der Waals surface area contributed by atoms with Crippen LogP contribution >= 0.6 is 0 Å². The first kappa shape index (κ1) is 19.6. The van der Waals surface area contributed by atoms with Crippen LogP contribution in [0.25, 0.3) is 0 Å². The number of oxime groups is 1. The zero-order valence-electron chi connectivity index (χ0n) is 15.7. The maximum Gasteiger partial charge on any atom is 0.438 e. The van der Waals surface area contributed by atoms with Crippen LogP contribution in [0.4, 0.5) is 10.5 Å². The van der Waals surface area contributed by atoms with Gasteiger partial charge in [-0.3, -0.25) is 4.84 Å². The molecule has 0 atom stereocenters. The molecule has 0 heterocycles. The Bertz CT molecular complexity index is 738. The molecular weight excluding hydrogens is 336 g/mol. The Morgan fingerprint density at radius 3 is 2.38 bits per heavy atom. The van der Waals surface area contributed by atoms with Crippen molar-refractivity contribution in [3.63, 3.8) is 0 Å². The summed E-state index contributed by atoms with van der Waals surface area (Å²) in [6, 6.07) is 7.24. The number of anilines is 1. The van der Waals surface area contributed by atoms with Crippen LogP contribution in [0.15, 0.2) is 39.6 Å². The average Bonchev–Trinajstić information content (AvgIpc) is 3.48. The van der Waals surface area contributed by atoms with Crippen LogP contribution < -0.4 is 5.06 Å². The number of hydrogen-bond donors (Lipinski definition) is 0. The van der Waals surface area contributed by atoms with Crippen LogP contribution in [-0.2, 0) is 14.4 Å². The summed E-state index contributed by atoms with van der Waals surface area (Å²) in [4.78, 5) is 21.9. The molecule has 1 saturated carbocycles. The fourth-order valence-corrected chi connectivity index (χ4v) is 2.48. The van der Waals surface area contributed by atoms with E-state index in [0.717, 1.165) is 23.6 Å². The molecule has 1 amide bonds. The highest BCUT2D eigenvalue weighted by Gasteiger charge is 2.30. The lowest BCUT2D eigenvalue weighted by molar-refractivity contribution is 0.115.